The van der Waals surface area contributed by atoms with E-state index in [9.17, 15) is 9.18 Å². The standard InChI is InChI=1S/C16H19FN2O/c1-11(2)10-18-16(20)8-6-14-5-3-12-9-13(17)4-7-15(12)19-14/h3-5,7,9,11H,6,8,10H2,1-2H3,(H,18,20). The van der Waals surface area contributed by atoms with Gasteiger partial charge in [-0.2, -0.15) is 0 Å². The normalized spacial score (nSPS) is 11.0. The molecule has 0 saturated carbocycles. The molecular formula is C16H19FN2O. The molecule has 0 unspecified atom stereocenters. The number of rotatable bonds is 5. The van der Waals surface area contributed by atoms with Crippen LogP contribution in [0.1, 0.15) is 26.0 Å². The second-order valence-corrected chi connectivity index (χ2v) is 5.34. The number of hydrogen-bond acceptors (Lipinski definition) is 2. The monoisotopic (exact) mass is 274 g/mol. The Balaban J connectivity index is 1.96. The number of halogens is 1. The van der Waals surface area contributed by atoms with E-state index in [1.165, 1.54) is 12.1 Å². The molecule has 0 aliphatic heterocycles. The number of aryl methyl sites for hydroxylation is 1. The molecule has 4 heteroatoms. The molecule has 3 nitrogen and oxygen atoms in total. The molecule has 20 heavy (non-hydrogen) atoms. The van der Waals surface area contributed by atoms with Gasteiger partial charge in [-0.05, 0) is 36.6 Å². The summed E-state index contributed by atoms with van der Waals surface area (Å²) >= 11 is 0. The van der Waals surface area contributed by atoms with Gasteiger partial charge in [0.15, 0.2) is 0 Å². The van der Waals surface area contributed by atoms with Crippen molar-refractivity contribution in [2.75, 3.05) is 6.54 Å². The third-order valence-electron chi connectivity index (χ3n) is 3.02. The van der Waals surface area contributed by atoms with Crippen LogP contribution in [-0.2, 0) is 11.2 Å². The first-order valence-electron chi connectivity index (χ1n) is 6.86. The summed E-state index contributed by atoms with van der Waals surface area (Å²) in [5.74, 6) is 0.229. The third-order valence-corrected chi connectivity index (χ3v) is 3.02. The van der Waals surface area contributed by atoms with E-state index >= 15 is 0 Å². The molecule has 1 heterocycles. The predicted molar refractivity (Wildman–Crippen MR) is 77.9 cm³/mol. The molecule has 106 valence electrons. The molecule has 0 aliphatic rings. The molecule has 0 spiro atoms. The van der Waals surface area contributed by atoms with Gasteiger partial charge in [-0.1, -0.05) is 19.9 Å². The van der Waals surface area contributed by atoms with E-state index in [-0.39, 0.29) is 11.7 Å². The molecule has 1 aromatic heterocycles. The van der Waals surface area contributed by atoms with E-state index in [0.717, 1.165) is 16.6 Å². The Labute approximate surface area is 118 Å². The quantitative estimate of drug-likeness (QED) is 0.910. The van der Waals surface area contributed by atoms with Gasteiger partial charge in [-0.15, -0.1) is 0 Å². The van der Waals surface area contributed by atoms with Gasteiger partial charge in [0.05, 0.1) is 5.52 Å². The second-order valence-electron chi connectivity index (χ2n) is 5.34. The summed E-state index contributed by atoms with van der Waals surface area (Å²) in [4.78, 5) is 16.1. The fourth-order valence-electron chi connectivity index (χ4n) is 1.93. The SMILES string of the molecule is CC(C)CNC(=O)CCc1ccc2cc(F)ccc2n1. The minimum absolute atomic E-state index is 0.0414. The van der Waals surface area contributed by atoms with Crippen molar-refractivity contribution in [3.05, 3.63) is 41.8 Å². The smallest absolute Gasteiger partial charge is 0.220 e. The molecule has 0 bridgehead atoms. The van der Waals surface area contributed by atoms with E-state index in [2.05, 4.69) is 24.1 Å². The molecular weight excluding hydrogens is 255 g/mol. The first-order chi connectivity index (χ1) is 9.54. The molecule has 1 N–H and O–H groups in total. The van der Waals surface area contributed by atoms with Gasteiger partial charge in [0, 0.05) is 24.0 Å². The van der Waals surface area contributed by atoms with Crippen molar-refractivity contribution in [2.45, 2.75) is 26.7 Å². The van der Waals surface area contributed by atoms with Gasteiger partial charge in [0.1, 0.15) is 5.82 Å². The van der Waals surface area contributed by atoms with Crippen LogP contribution in [-0.4, -0.2) is 17.4 Å². The zero-order valence-corrected chi connectivity index (χ0v) is 11.8. The van der Waals surface area contributed by atoms with Crippen LogP contribution >= 0.6 is 0 Å². The predicted octanol–water partition coefficient (Wildman–Crippen LogP) is 3.08. The van der Waals surface area contributed by atoms with Gasteiger partial charge in [0.25, 0.3) is 0 Å². The van der Waals surface area contributed by atoms with Gasteiger partial charge in [-0.25, -0.2) is 4.39 Å². The number of fused-ring (bicyclic) bond motifs is 1. The second kappa shape index (κ2) is 6.46. The minimum Gasteiger partial charge on any atom is -0.356 e. The van der Waals surface area contributed by atoms with Gasteiger partial charge in [-0.3, -0.25) is 9.78 Å². The highest BCUT2D eigenvalue weighted by Gasteiger charge is 2.05. The van der Waals surface area contributed by atoms with E-state index < -0.39 is 0 Å². The molecule has 0 atom stereocenters. The summed E-state index contributed by atoms with van der Waals surface area (Å²) in [5, 5.41) is 3.66. The Kier molecular flexibility index (Phi) is 4.66. The maximum absolute atomic E-state index is 13.1. The number of nitrogens with one attached hydrogen (secondary N) is 1. The van der Waals surface area contributed by atoms with Crippen LogP contribution in [0.2, 0.25) is 0 Å². The fourth-order valence-corrected chi connectivity index (χ4v) is 1.93. The number of amides is 1. The number of nitrogens with zero attached hydrogens (tertiary/aromatic N) is 1. The van der Waals surface area contributed by atoms with Gasteiger partial charge in [0.2, 0.25) is 5.91 Å². The summed E-state index contributed by atoms with van der Waals surface area (Å²) in [7, 11) is 0. The van der Waals surface area contributed by atoms with Crippen LogP contribution in [0.25, 0.3) is 10.9 Å². The molecule has 0 saturated heterocycles. The maximum atomic E-state index is 13.1. The highest BCUT2D eigenvalue weighted by molar-refractivity contribution is 5.79. The summed E-state index contributed by atoms with van der Waals surface area (Å²) in [5.41, 5.74) is 1.61. The van der Waals surface area contributed by atoms with Crippen molar-refractivity contribution in [1.29, 1.82) is 0 Å². The first-order valence-corrected chi connectivity index (χ1v) is 6.86. The Morgan fingerprint density at radius 1 is 1.30 bits per heavy atom. The Hall–Kier alpha value is -1.97. The van der Waals surface area contributed by atoms with E-state index in [1.807, 2.05) is 12.1 Å². The van der Waals surface area contributed by atoms with Crippen LogP contribution < -0.4 is 5.32 Å². The lowest BCUT2D eigenvalue weighted by Gasteiger charge is -2.07. The van der Waals surface area contributed by atoms with Crippen molar-refractivity contribution in [1.82, 2.24) is 10.3 Å². The number of carbonyl (C=O) groups is 1. The van der Waals surface area contributed by atoms with Gasteiger partial charge >= 0.3 is 0 Å². The lowest BCUT2D eigenvalue weighted by atomic mass is 10.1. The van der Waals surface area contributed by atoms with E-state index in [1.54, 1.807) is 6.07 Å². The van der Waals surface area contributed by atoms with Crippen molar-refractivity contribution in [3.8, 4) is 0 Å². The largest absolute Gasteiger partial charge is 0.356 e. The van der Waals surface area contributed by atoms with Crippen LogP contribution in [0.15, 0.2) is 30.3 Å². The number of benzene rings is 1. The molecule has 1 aromatic carbocycles. The average Bonchev–Trinajstić information content (AvgIpc) is 2.42. The first kappa shape index (κ1) is 14.4. The minimum atomic E-state index is -0.264. The maximum Gasteiger partial charge on any atom is 0.220 e. The molecule has 2 aromatic rings. The number of pyridine rings is 1. The molecule has 0 radical (unpaired) electrons. The molecule has 2 rings (SSSR count). The molecule has 0 aliphatic carbocycles. The molecule has 1 amide bonds. The van der Waals surface area contributed by atoms with E-state index in [4.69, 9.17) is 0 Å². The summed E-state index contributed by atoms with van der Waals surface area (Å²) in [6.07, 6.45) is 1.02. The Morgan fingerprint density at radius 3 is 2.85 bits per heavy atom. The number of carbonyl (C=O) groups excluding carboxylic acids is 1. The highest BCUT2D eigenvalue weighted by atomic mass is 19.1. The van der Waals surface area contributed by atoms with Crippen molar-refractivity contribution >= 4 is 16.8 Å². The third kappa shape index (κ3) is 4.02. The van der Waals surface area contributed by atoms with Crippen molar-refractivity contribution in [3.63, 3.8) is 0 Å². The lowest BCUT2D eigenvalue weighted by molar-refractivity contribution is -0.121. The van der Waals surface area contributed by atoms with Crippen molar-refractivity contribution in [2.24, 2.45) is 5.92 Å². The van der Waals surface area contributed by atoms with Crippen LogP contribution in [0.4, 0.5) is 4.39 Å². The Bertz CT molecular complexity index is 610. The number of hydrogen-bond donors (Lipinski definition) is 1. The lowest BCUT2D eigenvalue weighted by Crippen LogP contribution is -2.27. The van der Waals surface area contributed by atoms with E-state index in [0.29, 0.717) is 25.3 Å². The van der Waals surface area contributed by atoms with Gasteiger partial charge < -0.3 is 5.32 Å². The van der Waals surface area contributed by atoms with Crippen LogP contribution in [0.3, 0.4) is 0 Å². The number of aromatic nitrogens is 1. The summed E-state index contributed by atoms with van der Waals surface area (Å²) < 4.78 is 13.1. The zero-order chi connectivity index (χ0) is 14.5. The fraction of sp³-hybridized carbons (Fsp3) is 0.375. The Morgan fingerprint density at radius 2 is 2.10 bits per heavy atom. The van der Waals surface area contributed by atoms with Crippen LogP contribution in [0.5, 0.6) is 0 Å². The van der Waals surface area contributed by atoms with Crippen LogP contribution in [0, 0.1) is 11.7 Å². The average molecular weight is 274 g/mol. The summed E-state index contributed by atoms with van der Waals surface area (Å²) in [6, 6.07) is 8.20. The topological polar surface area (TPSA) is 42.0 Å². The summed E-state index contributed by atoms with van der Waals surface area (Å²) in [6.45, 7) is 4.82. The zero-order valence-electron chi connectivity index (χ0n) is 11.8. The van der Waals surface area contributed by atoms with Crippen molar-refractivity contribution < 1.29 is 9.18 Å². The highest BCUT2D eigenvalue weighted by Crippen LogP contribution is 2.14. The molecule has 0 fully saturated rings.